The molecule has 96 valence electrons. The number of carbonyl (C=O) groups excluding carboxylic acids is 1. The van der Waals surface area contributed by atoms with Crippen molar-refractivity contribution >= 4 is 23.5 Å². The molecule has 2 rings (SSSR count). The van der Waals surface area contributed by atoms with Crippen LogP contribution in [-0.2, 0) is 20.9 Å². The van der Waals surface area contributed by atoms with Crippen LogP contribution in [0.4, 0.5) is 0 Å². The molecule has 6 heteroatoms. The van der Waals surface area contributed by atoms with Crippen molar-refractivity contribution < 1.29 is 19.4 Å². The summed E-state index contributed by atoms with van der Waals surface area (Å²) in [4.78, 5) is 24.1. The normalized spacial score (nSPS) is 19.9. The summed E-state index contributed by atoms with van der Waals surface area (Å²) in [5.41, 5.74) is 0.834. The molecular weight excluding hydrogens is 258 g/mol. The van der Waals surface area contributed by atoms with Gasteiger partial charge in [-0.1, -0.05) is 23.7 Å². The zero-order chi connectivity index (χ0) is 13.1. The first-order valence-electron chi connectivity index (χ1n) is 5.42. The molecule has 1 aromatic rings. The number of benzene rings is 1. The Morgan fingerprint density at radius 2 is 2.11 bits per heavy atom. The first-order valence-corrected chi connectivity index (χ1v) is 5.80. The standard InChI is InChI=1S/C12H12ClNO4/c13-9-3-1-8(2-4-9)5-14-10(12(16)17)6-18-7-11(14)15/h1-4,10H,5-7H2,(H,16,17). The van der Waals surface area contributed by atoms with E-state index in [1.54, 1.807) is 24.3 Å². The number of hydrogen-bond donors (Lipinski definition) is 1. The lowest BCUT2D eigenvalue weighted by molar-refractivity contribution is -0.163. The average molecular weight is 270 g/mol. The molecular formula is C12H12ClNO4. The van der Waals surface area contributed by atoms with Gasteiger partial charge in [0.1, 0.15) is 6.61 Å². The van der Waals surface area contributed by atoms with Crippen LogP contribution in [0, 0.1) is 0 Å². The van der Waals surface area contributed by atoms with Gasteiger partial charge in [0.15, 0.2) is 6.04 Å². The number of nitrogens with zero attached hydrogens (tertiary/aromatic N) is 1. The Hall–Kier alpha value is -1.59. The van der Waals surface area contributed by atoms with Crippen molar-refractivity contribution in [2.45, 2.75) is 12.6 Å². The minimum Gasteiger partial charge on any atom is -0.480 e. The number of hydrogen-bond acceptors (Lipinski definition) is 3. The van der Waals surface area contributed by atoms with Gasteiger partial charge in [-0.25, -0.2) is 4.79 Å². The van der Waals surface area contributed by atoms with Gasteiger partial charge in [-0.05, 0) is 17.7 Å². The van der Waals surface area contributed by atoms with Crippen molar-refractivity contribution in [1.29, 1.82) is 0 Å². The van der Waals surface area contributed by atoms with E-state index in [1.807, 2.05) is 0 Å². The first kappa shape index (κ1) is 12.9. The molecule has 1 N–H and O–H groups in total. The molecule has 0 aromatic heterocycles. The monoisotopic (exact) mass is 269 g/mol. The number of halogens is 1. The van der Waals surface area contributed by atoms with Gasteiger partial charge in [-0.2, -0.15) is 0 Å². The van der Waals surface area contributed by atoms with Gasteiger partial charge in [0.25, 0.3) is 0 Å². The number of rotatable bonds is 3. The minimum absolute atomic E-state index is 0.0225. The molecule has 1 amide bonds. The van der Waals surface area contributed by atoms with Gasteiger partial charge in [0.05, 0.1) is 6.61 Å². The Labute approximate surface area is 109 Å². The Morgan fingerprint density at radius 1 is 1.44 bits per heavy atom. The lowest BCUT2D eigenvalue weighted by atomic mass is 10.1. The van der Waals surface area contributed by atoms with Crippen molar-refractivity contribution in [2.75, 3.05) is 13.2 Å². The fraction of sp³-hybridized carbons (Fsp3) is 0.333. The summed E-state index contributed by atoms with van der Waals surface area (Å²) < 4.78 is 4.95. The van der Waals surface area contributed by atoms with E-state index in [-0.39, 0.29) is 25.7 Å². The lowest BCUT2D eigenvalue weighted by Gasteiger charge is -2.32. The molecule has 1 saturated heterocycles. The molecule has 1 fully saturated rings. The Morgan fingerprint density at radius 3 is 2.72 bits per heavy atom. The smallest absolute Gasteiger partial charge is 0.328 e. The zero-order valence-corrected chi connectivity index (χ0v) is 10.3. The van der Waals surface area contributed by atoms with Crippen LogP contribution in [-0.4, -0.2) is 41.1 Å². The maximum atomic E-state index is 11.7. The highest BCUT2D eigenvalue weighted by Gasteiger charge is 2.33. The van der Waals surface area contributed by atoms with E-state index < -0.39 is 12.0 Å². The number of carbonyl (C=O) groups is 2. The van der Waals surface area contributed by atoms with Crippen LogP contribution in [0.3, 0.4) is 0 Å². The number of amides is 1. The third kappa shape index (κ3) is 2.80. The molecule has 18 heavy (non-hydrogen) atoms. The summed E-state index contributed by atoms with van der Waals surface area (Å²) in [7, 11) is 0. The van der Waals surface area contributed by atoms with Crippen LogP contribution < -0.4 is 0 Å². The van der Waals surface area contributed by atoms with Crippen LogP contribution in [0.25, 0.3) is 0 Å². The summed E-state index contributed by atoms with van der Waals surface area (Å²) in [6, 6.07) is 6.02. The molecule has 1 heterocycles. The molecule has 0 bridgehead atoms. The largest absolute Gasteiger partial charge is 0.480 e. The fourth-order valence-electron chi connectivity index (χ4n) is 1.79. The summed E-state index contributed by atoms with van der Waals surface area (Å²) in [6.45, 7) is 0.197. The number of morpholine rings is 1. The van der Waals surface area contributed by atoms with Gasteiger partial charge in [0.2, 0.25) is 5.91 Å². The number of carboxylic acids is 1. The van der Waals surface area contributed by atoms with Crippen LogP contribution >= 0.6 is 11.6 Å². The van der Waals surface area contributed by atoms with Gasteiger partial charge in [0, 0.05) is 11.6 Å². The van der Waals surface area contributed by atoms with E-state index in [0.29, 0.717) is 5.02 Å². The molecule has 5 nitrogen and oxygen atoms in total. The summed E-state index contributed by atoms with van der Waals surface area (Å²) in [5.74, 6) is -1.37. The number of ether oxygens (including phenoxy) is 1. The maximum Gasteiger partial charge on any atom is 0.328 e. The Balaban J connectivity index is 2.15. The molecule has 1 atom stereocenters. The fourth-order valence-corrected chi connectivity index (χ4v) is 1.92. The van der Waals surface area contributed by atoms with E-state index in [4.69, 9.17) is 21.4 Å². The van der Waals surface area contributed by atoms with Crippen LogP contribution in [0.5, 0.6) is 0 Å². The topological polar surface area (TPSA) is 66.8 Å². The predicted molar refractivity (Wildman–Crippen MR) is 64.2 cm³/mol. The number of aliphatic carboxylic acids is 1. The molecule has 1 aliphatic rings. The van der Waals surface area contributed by atoms with Gasteiger partial charge < -0.3 is 14.7 Å². The van der Waals surface area contributed by atoms with E-state index in [2.05, 4.69) is 0 Å². The lowest BCUT2D eigenvalue weighted by Crippen LogP contribution is -2.52. The second-order valence-corrected chi connectivity index (χ2v) is 4.45. The second-order valence-electron chi connectivity index (χ2n) is 4.02. The van der Waals surface area contributed by atoms with E-state index in [0.717, 1.165) is 5.56 Å². The van der Waals surface area contributed by atoms with Crippen molar-refractivity contribution in [1.82, 2.24) is 4.90 Å². The van der Waals surface area contributed by atoms with Crippen molar-refractivity contribution in [3.05, 3.63) is 34.9 Å². The molecule has 0 spiro atoms. The Kier molecular flexibility index (Phi) is 3.84. The molecule has 1 aliphatic heterocycles. The van der Waals surface area contributed by atoms with Gasteiger partial charge in [-0.15, -0.1) is 0 Å². The van der Waals surface area contributed by atoms with Crippen molar-refractivity contribution in [3.8, 4) is 0 Å². The minimum atomic E-state index is -1.06. The number of carboxylic acid groups (broad SMARTS) is 1. The summed E-state index contributed by atoms with van der Waals surface area (Å²) in [6.07, 6.45) is 0. The second kappa shape index (κ2) is 5.37. The zero-order valence-electron chi connectivity index (χ0n) is 9.51. The highest BCUT2D eigenvalue weighted by molar-refractivity contribution is 6.30. The van der Waals surface area contributed by atoms with Crippen LogP contribution in [0.2, 0.25) is 5.02 Å². The van der Waals surface area contributed by atoms with E-state index in [1.165, 1.54) is 4.90 Å². The summed E-state index contributed by atoms with van der Waals surface area (Å²) >= 11 is 5.77. The SMILES string of the molecule is O=C(O)C1COCC(=O)N1Cc1ccc(Cl)cc1. The quantitative estimate of drug-likeness (QED) is 0.894. The first-order chi connectivity index (χ1) is 8.58. The van der Waals surface area contributed by atoms with Crippen molar-refractivity contribution in [2.24, 2.45) is 0 Å². The average Bonchev–Trinajstić information content (AvgIpc) is 2.34. The molecule has 0 radical (unpaired) electrons. The van der Waals surface area contributed by atoms with Gasteiger partial charge in [-0.3, -0.25) is 4.79 Å². The highest BCUT2D eigenvalue weighted by Crippen LogP contribution is 2.16. The summed E-state index contributed by atoms with van der Waals surface area (Å²) in [5, 5.41) is 9.65. The third-order valence-electron chi connectivity index (χ3n) is 2.75. The molecule has 1 unspecified atom stereocenters. The van der Waals surface area contributed by atoms with Crippen molar-refractivity contribution in [3.63, 3.8) is 0 Å². The maximum absolute atomic E-state index is 11.7. The Bertz CT molecular complexity index is 460. The van der Waals surface area contributed by atoms with Crippen LogP contribution in [0.15, 0.2) is 24.3 Å². The predicted octanol–water partition coefficient (Wildman–Crippen LogP) is 1.15. The van der Waals surface area contributed by atoms with Crippen LogP contribution in [0.1, 0.15) is 5.56 Å². The van der Waals surface area contributed by atoms with E-state index >= 15 is 0 Å². The molecule has 0 saturated carbocycles. The third-order valence-corrected chi connectivity index (χ3v) is 3.00. The molecule has 1 aromatic carbocycles. The van der Waals surface area contributed by atoms with E-state index in [9.17, 15) is 9.59 Å². The highest BCUT2D eigenvalue weighted by atomic mass is 35.5. The molecule has 0 aliphatic carbocycles. The van der Waals surface area contributed by atoms with Gasteiger partial charge >= 0.3 is 5.97 Å².